The van der Waals surface area contributed by atoms with Crippen molar-refractivity contribution in [3.8, 4) is 5.75 Å². The highest BCUT2D eigenvalue weighted by Gasteiger charge is 2.13. The van der Waals surface area contributed by atoms with E-state index in [-0.39, 0.29) is 11.9 Å². The lowest BCUT2D eigenvalue weighted by Crippen LogP contribution is -2.27. The highest BCUT2D eigenvalue weighted by Crippen LogP contribution is 2.19. The number of ether oxygens (including phenoxy) is 1. The van der Waals surface area contributed by atoms with Gasteiger partial charge in [0, 0.05) is 23.3 Å². The van der Waals surface area contributed by atoms with Gasteiger partial charge in [0.1, 0.15) is 18.1 Å². The van der Waals surface area contributed by atoms with Gasteiger partial charge in [0.25, 0.3) is 5.91 Å². The van der Waals surface area contributed by atoms with Crippen LogP contribution in [0.2, 0.25) is 0 Å². The molecule has 0 radical (unpaired) electrons. The van der Waals surface area contributed by atoms with Gasteiger partial charge in [0.15, 0.2) is 0 Å². The Morgan fingerprint density at radius 3 is 2.62 bits per heavy atom. The maximum Gasteiger partial charge on any atom is 0.270 e. The Morgan fingerprint density at radius 2 is 1.83 bits per heavy atom. The second-order valence-corrected chi connectivity index (χ2v) is 6.80. The normalized spacial score (nSPS) is 11.8. The van der Waals surface area contributed by atoms with Gasteiger partial charge in [0.2, 0.25) is 0 Å². The van der Waals surface area contributed by atoms with Crippen LogP contribution in [0.5, 0.6) is 5.75 Å². The summed E-state index contributed by atoms with van der Waals surface area (Å²) in [6.45, 7) is 2.41. The molecule has 5 nitrogen and oxygen atoms in total. The van der Waals surface area contributed by atoms with Gasteiger partial charge in [-0.3, -0.25) is 9.78 Å². The number of pyridine rings is 2. The molecule has 0 bridgehead atoms. The third-order valence-electron chi connectivity index (χ3n) is 4.69. The number of rotatable bonds is 6. The van der Waals surface area contributed by atoms with Crippen molar-refractivity contribution in [2.75, 3.05) is 0 Å². The van der Waals surface area contributed by atoms with E-state index in [1.54, 1.807) is 18.5 Å². The first-order valence-electron chi connectivity index (χ1n) is 9.47. The molecule has 2 aromatic carbocycles. The fourth-order valence-corrected chi connectivity index (χ4v) is 3.05. The SMILES string of the molecule is CC(NC(=O)c1ccc2ccccc2n1)c1ccc(OCc2cccnc2)cc1. The minimum Gasteiger partial charge on any atom is -0.489 e. The maximum atomic E-state index is 12.6. The molecule has 0 aliphatic rings. The summed E-state index contributed by atoms with van der Waals surface area (Å²) in [6, 6.07) is 22.8. The van der Waals surface area contributed by atoms with Crippen molar-refractivity contribution in [3.05, 3.63) is 102 Å². The Labute approximate surface area is 169 Å². The highest BCUT2D eigenvalue weighted by atomic mass is 16.5. The van der Waals surface area contributed by atoms with Crippen molar-refractivity contribution in [3.63, 3.8) is 0 Å². The number of hydrogen-bond acceptors (Lipinski definition) is 4. The standard InChI is InChI=1S/C24H21N3O2/c1-17(26-24(28)23-13-10-20-6-2-3-7-22(20)27-23)19-8-11-21(12-9-19)29-16-18-5-4-14-25-15-18/h2-15,17H,16H2,1H3,(H,26,28). The predicted octanol–water partition coefficient (Wildman–Crippen LogP) is 4.70. The van der Waals surface area contributed by atoms with Crippen LogP contribution in [-0.2, 0) is 6.61 Å². The predicted molar refractivity (Wildman–Crippen MR) is 113 cm³/mol. The fourth-order valence-electron chi connectivity index (χ4n) is 3.05. The number of para-hydroxylation sites is 1. The smallest absolute Gasteiger partial charge is 0.270 e. The van der Waals surface area contributed by atoms with E-state index in [9.17, 15) is 4.79 Å². The first-order chi connectivity index (χ1) is 14.2. The van der Waals surface area contributed by atoms with Crippen LogP contribution in [-0.4, -0.2) is 15.9 Å². The van der Waals surface area contributed by atoms with Crippen LogP contribution in [0.3, 0.4) is 0 Å². The van der Waals surface area contributed by atoms with Gasteiger partial charge < -0.3 is 10.1 Å². The zero-order chi connectivity index (χ0) is 20.1. The molecule has 1 unspecified atom stereocenters. The topological polar surface area (TPSA) is 64.1 Å². The first-order valence-corrected chi connectivity index (χ1v) is 9.47. The molecular formula is C24H21N3O2. The highest BCUT2D eigenvalue weighted by molar-refractivity contribution is 5.95. The summed E-state index contributed by atoms with van der Waals surface area (Å²) in [5, 5.41) is 4.02. The molecule has 4 aromatic rings. The third kappa shape index (κ3) is 4.58. The van der Waals surface area contributed by atoms with E-state index < -0.39 is 0 Å². The summed E-state index contributed by atoms with van der Waals surface area (Å²) in [5.41, 5.74) is 3.22. The molecule has 0 aliphatic carbocycles. The van der Waals surface area contributed by atoms with Gasteiger partial charge in [-0.05, 0) is 42.8 Å². The molecule has 0 saturated heterocycles. The molecular weight excluding hydrogens is 362 g/mol. The van der Waals surface area contributed by atoms with E-state index >= 15 is 0 Å². The van der Waals surface area contributed by atoms with Crippen molar-refractivity contribution in [1.29, 1.82) is 0 Å². The Hall–Kier alpha value is -3.73. The summed E-state index contributed by atoms with van der Waals surface area (Å²) in [7, 11) is 0. The second-order valence-electron chi connectivity index (χ2n) is 6.80. The Bertz CT molecular complexity index is 1110. The van der Waals surface area contributed by atoms with E-state index in [4.69, 9.17) is 4.74 Å². The van der Waals surface area contributed by atoms with Gasteiger partial charge in [-0.2, -0.15) is 0 Å². The van der Waals surface area contributed by atoms with Crippen LogP contribution in [0.15, 0.2) is 85.2 Å². The van der Waals surface area contributed by atoms with Crippen LogP contribution in [0.1, 0.15) is 34.6 Å². The number of hydrogen-bond donors (Lipinski definition) is 1. The fraction of sp³-hybridized carbons (Fsp3) is 0.125. The summed E-state index contributed by atoms with van der Waals surface area (Å²) in [6.07, 6.45) is 3.52. The molecule has 29 heavy (non-hydrogen) atoms. The molecule has 4 rings (SSSR count). The van der Waals surface area contributed by atoms with Gasteiger partial charge in [-0.25, -0.2) is 4.98 Å². The van der Waals surface area contributed by atoms with Crippen molar-refractivity contribution in [1.82, 2.24) is 15.3 Å². The summed E-state index contributed by atoms with van der Waals surface area (Å²) >= 11 is 0. The summed E-state index contributed by atoms with van der Waals surface area (Å²) in [4.78, 5) is 21.1. The van der Waals surface area contributed by atoms with Crippen LogP contribution in [0.4, 0.5) is 0 Å². The number of amides is 1. The molecule has 1 N–H and O–H groups in total. The molecule has 0 spiro atoms. The van der Waals surface area contributed by atoms with E-state index in [1.807, 2.05) is 73.7 Å². The molecule has 0 aliphatic heterocycles. The van der Waals surface area contributed by atoms with Crippen molar-refractivity contribution >= 4 is 16.8 Å². The molecule has 2 heterocycles. The lowest BCUT2D eigenvalue weighted by atomic mass is 10.1. The minimum absolute atomic E-state index is 0.150. The van der Waals surface area contributed by atoms with E-state index in [0.717, 1.165) is 27.8 Å². The van der Waals surface area contributed by atoms with Crippen LogP contribution < -0.4 is 10.1 Å². The van der Waals surface area contributed by atoms with E-state index in [0.29, 0.717) is 12.3 Å². The van der Waals surface area contributed by atoms with Crippen LogP contribution in [0.25, 0.3) is 10.9 Å². The maximum absolute atomic E-state index is 12.6. The Kier molecular flexibility index (Phi) is 5.47. The van der Waals surface area contributed by atoms with E-state index in [2.05, 4.69) is 15.3 Å². The number of carbonyl (C=O) groups is 1. The zero-order valence-corrected chi connectivity index (χ0v) is 16.1. The largest absolute Gasteiger partial charge is 0.489 e. The molecule has 1 atom stereocenters. The lowest BCUT2D eigenvalue weighted by molar-refractivity contribution is 0.0935. The Balaban J connectivity index is 1.38. The quantitative estimate of drug-likeness (QED) is 0.524. The third-order valence-corrected chi connectivity index (χ3v) is 4.69. The monoisotopic (exact) mass is 383 g/mol. The molecule has 0 fully saturated rings. The lowest BCUT2D eigenvalue weighted by Gasteiger charge is -2.15. The van der Waals surface area contributed by atoms with E-state index in [1.165, 1.54) is 0 Å². The number of fused-ring (bicyclic) bond motifs is 1. The molecule has 5 heteroatoms. The molecule has 2 aromatic heterocycles. The summed E-state index contributed by atoms with van der Waals surface area (Å²) < 4.78 is 5.78. The van der Waals surface area contributed by atoms with Gasteiger partial charge in [-0.15, -0.1) is 0 Å². The Morgan fingerprint density at radius 1 is 1.00 bits per heavy atom. The molecule has 1 amide bonds. The van der Waals surface area contributed by atoms with Gasteiger partial charge in [0.05, 0.1) is 11.6 Å². The van der Waals surface area contributed by atoms with Crippen molar-refractivity contribution in [2.24, 2.45) is 0 Å². The number of aromatic nitrogens is 2. The minimum atomic E-state index is -0.194. The number of carbonyl (C=O) groups excluding carboxylic acids is 1. The zero-order valence-electron chi connectivity index (χ0n) is 16.1. The summed E-state index contributed by atoms with van der Waals surface area (Å²) in [5.74, 6) is 0.576. The molecule has 0 saturated carbocycles. The average molecular weight is 383 g/mol. The van der Waals surface area contributed by atoms with Gasteiger partial charge >= 0.3 is 0 Å². The number of benzene rings is 2. The van der Waals surface area contributed by atoms with Crippen LogP contribution >= 0.6 is 0 Å². The first kappa shape index (κ1) is 18.6. The molecule has 144 valence electrons. The van der Waals surface area contributed by atoms with Gasteiger partial charge in [-0.1, -0.05) is 42.5 Å². The number of nitrogens with one attached hydrogen (secondary N) is 1. The average Bonchev–Trinajstić information content (AvgIpc) is 2.78. The van der Waals surface area contributed by atoms with Crippen LogP contribution in [0, 0.1) is 0 Å². The second kappa shape index (κ2) is 8.52. The van der Waals surface area contributed by atoms with Crippen molar-refractivity contribution < 1.29 is 9.53 Å². The van der Waals surface area contributed by atoms with Crippen molar-refractivity contribution in [2.45, 2.75) is 19.6 Å². The number of nitrogens with zero attached hydrogens (tertiary/aromatic N) is 2.